The van der Waals surface area contributed by atoms with Gasteiger partial charge >= 0.3 is 0 Å². The lowest BCUT2D eigenvalue weighted by Gasteiger charge is -2.18. The molecule has 5 heteroatoms. The number of carbonyl (C=O) groups excluding carboxylic acids is 1. The summed E-state index contributed by atoms with van der Waals surface area (Å²) in [7, 11) is 3.52. The average molecular weight is 314 g/mol. The van der Waals surface area contributed by atoms with Gasteiger partial charge in [0, 0.05) is 25.0 Å². The summed E-state index contributed by atoms with van der Waals surface area (Å²) in [6.45, 7) is 2.92. The van der Waals surface area contributed by atoms with Gasteiger partial charge in [0.05, 0.1) is 7.11 Å². The van der Waals surface area contributed by atoms with Crippen molar-refractivity contribution in [1.82, 2.24) is 0 Å². The van der Waals surface area contributed by atoms with Crippen LogP contribution in [0.2, 0.25) is 0 Å². The number of nitrogens with one attached hydrogen (secondary N) is 1. The quantitative estimate of drug-likeness (QED) is 0.861. The number of benzene rings is 2. The van der Waals surface area contributed by atoms with Crippen LogP contribution in [0.25, 0.3) is 0 Å². The summed E-state index contributed by atoms with van der Waals surface area (Å²) in [5, 5.41) is 13.0. The largest absolute Gasteiger partial charge is 0.497 e. The van der Waals surface area contributed by atoms with Gasteiger partial charge in [-0.3, -0.25) is 4.79 Å². The van der Waals surface area contributed by atoms with Gasteiger partial charge in [0.1, 0.15) is 5.75 Å². The number of amides is 1. The first-order valence-electron chi connectivity index (χ1n) is 7.49. The lowest BCUT2D eigenvalue weighted by Crippen LogP contribution is -2.21. The van der Waals surface area contributed by atoms with Crippen LogP contribution in [-0.2, 0) is 4.79 Å². The van der Waals surface area contributed by atoms with Crippen molar-refractivity contribution in [1.29, 1.82) is 0 Å². The smallest absolute Gasteiger partial charge is 0.257 e. The van der Waals surface area contributed by atoms with E-state index in [2.05, 4.69) is 17.1 Å². The molecular formula is C18H22N2O3. The number of carbonyl (C=O) groups is 1. The van der Waals surface area contributed by atoms with Crippen molar-refractivity contribution in [3.05, 3.63) is 54.1 Å². The molecular weight excluding hydrogens is 292 g/mol. The molecule has 0 saturated heterocycles. The number of nitrogens with zero attached hydrogens (tertiary/aromatic N) is 1. The lowest BCUT2D eigenvalue weighted by atomic mass is 10.1. The molecule has 5 nitrogen and oxygen atoms in total. The summed E-state index contributed by atoms with van der Waals surface area (Å²) >= 11 is 0. The molecule has 23 heavy (non-hydrogen) atoms. The lowest BCUT2D eigenvalue weighted by molar-refractivity contribution is -0.124. The number of methoxy groups -OCH3 is 1. The van der Waals surface area contributed by atoms with E-state index in [0.29, 0.717) is 17.0 Å². The second-order valence-electron chi connectivity index (χ2n) is 5.23. The second kappa shape index (κ2) is 7.65. The number of rotatable bonds is 6. The van der Waals surface area contributed by atoms with Crippen LogP contribution in [0.3, 0.4) is 0 Å². The minimum atomic E-state index is -1.25. The first kappa shape index (κ1) is 16.8. The highest BCUT2D eigenvalue weighted by atomic mass is 16.5. The first-order valence-corrected chi connectivity index (χ1v) is 7.49. The molecule has 1 atom stereocenters. The number of hydrogen-bond acceptors (Lipinski definition) is 4. The zero-order valence-corrected chi connectivity index (χ0v) is 13.6. The Balaban J connectivity index is 2.11. The van der Waals surface area contributed by atoms with Gasteiger partial charge in [-0.15, -0.1) is 0 Å². The Morgan fingerprint density at radius 1 is 1.26 bits per heavy atom. The third-order valence-corrected chi connectivity index (χ3v) is 3.69. The molecule has 0 bridgehead atoms. The van der Waals surface area contributed by atoms with Crippen molar-refractivity contribution in [3.63, 3.8) is 0 Å². The molecule has 122 valence electrons. The van der Waals surface area contributed by atoms with Crippen LogP contribution >= 0.6 is 0 Å². The van der Waals surface area contributed by atoms with E-state index in [0.717, 1.165) is 12.2 Å². The maximum Gasteiger partial charge on any atom is 0.257 e. The molecule has 0 radical (unpaired) electrons. The molecule has 2 N–H and O–H groups in total. The fourth-order valence-electron chi connectivity index (χ4n) is 2.18. The highest BCUT2D eigenvalue weighted by molar-refractivity contribution is 5.95. The third kappa shape index (κ3) is 4.23. The highest BCUT2D eigenvalue weighted by Gasteiger charge is 2.18. The molecule has 0 fully saturated rings. The maximum atomic E-state index is 12.2. The molecule has 0 heterocycles. The van der Waals surface area contributed by atoms with Crippen LogP contribution in [-0.4, -0.2) is 31.7 Å². The predicted molar refractivity (Wildman–Crippen MR) is 92.0 cm³/mol. The van der Waals surface area contributed by atoms with Crippen molar-refractivity contribution in [2.45, 2.75) is 13.0 Å². The minimum Gasteiger partial charge on any atom is -0.497 e. The molecule has 0 aromatic heterocycles. The highest BCUT2D eigenvalue weighted by Crippen LogP contribution is 2.22. The Morgan fingerprint density at radius 2 is 2.00 bits per heavy atom. The number of ether oxygens (including phenoxy) is 1. The molecule has 0 aliphatic heterocycles. The Morgan fingerprint density at radius 3 is 2.70 bits per heavy atom. The number of aliphatic hydroxyl groups is 1. The normalized spacial score (nSPS) is 11.7. The van der Waals surface area contributed by atoms with Crippen molar-refractivity contribution in [3.8, 4) is 5.75 Å². The van der Waals surface area contributed by atoms with Crippen molar-refractivity contribution < 1.29 is 14.6 Å². The summed E-state index contributed by atoms with van der Waals surface area (Å²) in [6.07, 6.45) is -1.25. The van der Waals surface area contributed by atoms with Crippen molar-refractivity contribution in [2.75, 3.05) is 30.9 Å². The van der Waals surface area contributed by atoms with Gasteiger partial charge < -0.3 is 20.1 Å². The molecule has 0 unspecified atom stereocenters. The van der Waals surface area contributed by atoms with Gasteiger partial charge in [0.15, 0.2) is 6.10 Å². The molecule has 2 aromatic rings. The molecule has 0 saturated carbocycles. The summed E-state index contributed by atoms with van der Waals surface area (Å²) in [5.74, 6) is 0.121. The Hall–Kier alpha value is -2.53. The second-order valence-corrected chi connectivity index (χ2v) is 5.23. The molecule has 0 aliphatic carbocycles. The number of hydrogen-bond donors (Lipinski definition) is 2. The molecule has 1 amide bonds. The number of aliphatic hydroxyl groups excluding tert-OH is 1. The van der Waals surface area contributed by atoms with Crippen LogP contribution in [0.4, 0.5) is 11.4 Å². The van der Waals surface area contributed by atoms with Gasteiger partial charge in [-0.25, -0.2) is 0 Å². The van der Waals surface area contributed by atoms with E-state index in [1.165, 1.54) is 0 Å². The van der Waals surface area contributed by atoms with Crippen LogP contribution in [0, 0.1) is 0 Å². The molecule has 0 aliphatic rings. The van der Waals surface area contributed by atoms with Gasteiger partial charge in [0.25, 0.3) is 5.91 Å². The minimum absolute atomic E-state index is 0.477. The van der Waals surface area contributed by atoms with E-state index < -0.39 is 12.0 Å². The Bertz CT molecular complexity index is 673. The van der Waals surface area contributed by atoms with Crippen molar-refractivity contribution in [2.24, 2.45) is 0 Å². The van der Waals surface area contributed by atoms with E-state index in [1.54, 1.807) is 37.4 Å². The topological polar surface area (TPSA) is 61.8 Å². The number of anilines is 2. The van der Waals surface area contributed by atoms with Gasteiger partial charge in [-0.1, -0.05) is 18.2 Å². The van der Waals surface area contributed by atoms with Crippen LogP contribution < -0.4 is 15.0 Å². The van der Waals surface area contributed by atoms with E-state index >= 15 is 0 Å². The van der Waals surface area contributed by atoms with E-state index in [9.17, 15) is 9.90 Å². The monoisotopic (exact) mass is 314 g/mol. The van der Waals surface area contributed by atoms with Gasteiger partial charge in [-0.2, -0.15) is 0 Å². The van der Waals surface area contributed by atoms with Crippen molar-refractivity contribution >= 4 is 17.3 Å². The van der Waals surface area contributed by atoms with E-state index in [-0.39, 0.29) is 0 Å². The fraction of sp³-hybridized carbons (Fsp3) is 0.278. The SMILES string of the molecule is CCN(C)c1cccc(NC(=O)[C@@H](O)c2cccc(OC)c2)c1. The van der Waals surface area contributed by atoms with E-state index in [1.807, 2.05) is 25.2 Å². The van der Waals surface area contributed by atoms with Gasteiger partial charge in [-0.05, 0) is 42.8 Å². The predicted octanol–water partition coefficient (Wildman–Crippen LogP) is 2.82. The Kier molecular flexibility index (Phi) is 5.60. The Labute approximate surface area is 136 Å². The molecule has 0 spiro atoms. The van der Waals surface area contributed by atoms with Crippen LogP contribution in [0.1, 0.15) is 18.6 Å². The van der Waals surface area contributed by atoms with Crippen LogP contribution in [0.15, 0.2) is 48.5 Å². The zero-order valence-electron chi connectivity index (χ0n) is 13.6. The summed E-state index contributed by atoms with van der Waals surface area (Å²) < 4.78 is 5.11. The van der Waals surface area contributed by atoms with Gasteiger partial charge in [0.2, 0.25) is 0 Å². The van der Waals surface area contributed by atoms with Crippen LogP contribution in [0.5, 0.6) is 5.75 Å². The third-order valence-electron chi connectivity index (χ3n) is 3.69. The first-order chi connectivity index (χ1) is 11.0. The maximum absolute atomic E-state index is 12.2. The average Bonchev–Trinajstić information content (AvgIpc) is 2.60. The zero-order chi connectivity index (χ0) is 16.8. The summed E-state index contributed by atoms with van der Waals surface area (Å²) in [6, 6.07) is 14.3. The fourth-order valence-corrected chi connectivity index (χ4v) is 2.18. The molecule has 2 aromatic carbocycles. The summed E-state index contributed by atoms with van der Waals surface area (Å²) in [4.78, 5) is 14.3. The van der Waals surface area contributed by atoms with E-state index in [4.69, 9.17) is 4.74 Å². The molecule has 2 rings (SSSR count). The summed E-state index contributed by atoms with van der Waals surface area (Å²) in [5.41, 5.74) is 2.14. The standard InChI is InChI=1S/C18H22N2O3/c1-4-20(2)15-9-6-8-14(12-15)19-18(22)17(21)13-7-5-10-16(11-13)23-3/h5-12,17,21H,4H2,1-3H3,(H,19,22)/t17-/m0/s1.